The smallest absolute Gasteiger partial charge is 0.215 e. The molecule has 0 fully saturated rings. The summed E-state index contributed by atoms with van der Waals surface area (Å²) in [5.41, 5.74) is 4.56. The number of hydrogen-bond donors (Lipinski definition) is 2. The minimum Gasteiger partial charge on any atom is -0.726 e. The molecule has 0 saturated heterocycles. The van der Waals surface area contributed by atoms with Crippen molar-refractivity contribution < 1.29 is 23.3 Å². The lowest BCUT2D eigenvalue weighted by Crippen LogP contribution is -2.39. The summed E-state index contributed by atoms with van der Waals surface area (Å²) < 4.78 is 32.8. The monoisotopic (exact) mass is 259 g/mol. The van der Waals surface area contributed by atoms with Crippen LogP contribution in [0, 0.1) is 0 Å². The van der Waals surface area contributed by atoms with E-state index in [1.54, 1.807) is 12.1 Å². The van der Waals surface area contributed by atoms with Gasteiger partial charge in [0.15, 0.2) is 0 Å². The van der Waals surface area contributed by atoms with Gasteiger partial charge in [0, 0.05) is 12.1 Å². The second-order valence-corrected chi connectivity index (χ2v) is 3.85. The fourth-order valence-electron chi connectivity index (χ4n) is 0.540. The predicted molar refractivity (Wildman–Crippen MR) is 51.3 cm³/mol. The van der Waals surface area contributed by atoms with E-state index in [2.05, 4.69) is 5.73 Å². The highest BCUT2D eigenvalue weighted by atomic mass is 35.5. The topological polar surface area (TPSA) is 105 Å². The summed E-state index contributed by atoms with van der Waals surface area (Å²) in [4.78, 5) is 0. The molecule has 4 N–H and O–H groups in total. The van der Waals surface area contributed by atoms with Gasteiger partial charge in [0.2, 0.25) is 10.4 Å². The third-order valence-electron chi connectivity index (χ3n) is 0.984. The minimum absolute atomic E-state index is 0.559. The van der Waals surface area contributed by atoms with Gasteiger partial charge in [-0.2, -0.15) is 0 Å². The SMILES string of the molecule is O=S(=O)([O-])O.[NH3+]c1ccc(Cl)c(Cl)c1. The molecule has 0 aliphatic heterocycles. The Morgan fingerprint density at radius 3 is 2.00 bits per heavy atom. The van der Waals surface area contributed by atoms with Crippen molar-refractivity contribution in [3.8, 4) is 0 Å². The average molecular weight is 260 g/mol. The molecule has 0 amide bonds. The van der Waals surface area contributed by atoms with E-state index in [4.69, 9.17) is 40.7 Å². The summed E-state index contributed by atoms with van der Waals surface area (Å²) in [6.07, 6.45) is 0. The van der Waals surface area contributed by atoms with Crippen LogP contribution in [0.1, 0.15) is 0 Å². The van der Waals surface area contributed by atoms with Crippen LogP contribution in [-0.2, 0) is 10.4 Å². The van der Waals surface area contributed by atoms with Crippen molar-refractivity contribution in [1.29, 1.82) is 0 Å². The largest absolute Gasteiger partial charge is 0.726 e. The molecule has 0 atom stereocenters. The average Bonchev–Trinajstić information content (AvgIpc) is 1.94. The van der Waals surface area contributed by atoms with Gasteiger partial charge in [0.25, 0.3) is 0 Å². The fourth-order valence-corrected chi connectivity index (χ4v) is 0.860. The summed E-state index contributed by atoms with van der Waals surface area (Å²) >= 11 is 11.3. The van der Waals surface area contributed by atoms with E-state index in [-0.39, 0.29) is 0 Å². The van der Waals surface area contributed by atoms with Crippen molar-refractivity contribution >= 4 is 39.3 Å². The lowest BCUT2D eigenvalue weighted by Gasteiger charge is -1.91. The maximum absolute atomic E-state index is 8.63. The fraction of sp³-hybridized carbons (Fsp3) is 0. The first-order valence-corrected chi connectivity index (χ1v) is 5.27. The number of halogens is 2. The second-order valence-electron chi connectivity index (χ2n) is 2.18. The molecule has 0 radical (unpaired) electrons. The highest BCUT2D eigenvalue weighted by molar-refractivity contribution is 7.79. The quantitative estimate of drug-likeness (QED) is 0.533. The van der Waals surface area contributed by atoms with E-state index in [0.29, 0.717) is 10.0 Å². The Balaban J connectivity index is 0.000000292. The van der Waals surface area contributed by atoms with E-state index in [9.17, 15) is 0 Å². The Kier molecular flexibility index (Phi) is 5.35. The third kappa shape index (κ3) is 8.24. The van der Waals surface area contributed by atoms with E-state index in [1.807, 2.05) is 6.07 Å². The summed E-state index contributed by atoms with van der Waals surface area (Å²) in [7, 11) is -4.92. The number of hydrogen-bond acceptors (Lipinski definition) is 3. The lowest BCUT2D eigenvalue weighted by molar-refractivity contribution is -0.254. The first-order valence-electron chi connectivity index (χ1n) is 3.15. The number of benzene rings is 1. The van der Waals surface area contributed by atoms with Crippen molar-refractivity contribution in [3.05, 3.63) is 28.2 Å². The first-order chi connectivity index (χ1) is 6.20. The highest BCUT2D eigenvalue weighted by Crippen LogP contribution is 2.22. The molecule has 0 bridgehead atoms. The Labute approximate surface area is 91.0 Å². The Hall–Kier alpha value is -0.370. The van der Waals surface area contributed by atoms with Gasteiger partial charge in [0.1, 0.15) is 5.69 Å². The van der Waals surface area contributed by atoms with Crippen LogP contribution in [0.3, 0.4) is 0 Å². The third-order valence-corrected chi connectivity index (χ3v) is 1.72. The Morgan fingerprint density at radius 1 is 1.29 bits per heavy atom. The summed E-state index contributed by atoms with van der Waals surface area (Å²) in [5.74, 6) is 0. The summed E-state index contributed by atoms with van der Waals surface area (Å²) in [5, 5.41) is 1.13. The van der Waals surface area contributed by atoms with E-state index < -0.39 is 10.4 Å². The zero-order valence-corrected chi connectivity index (χ0v) is 9.10. The Morgan fingerprint density at radius 2 is 1.71 bits per heavy atom. The van der Waals surface area contributed by atoms with Crippen molar-refractivity contribution in [1.82, 2.24) is 0 Å². The van der Waals surface area contributed by atoms with Crippen LogP contribution in [0.5, 0.6) is 0 Å². The van der Waals surface area contributed by atoms with Gasteiger partial charge < -0.3 is 10.3 Å². The van der Waals surface area contributed by atoms with Crippen LogP contribution in [0.25, 0.3) is 0 Å². The number of rotatable bonds is 0. The summed E-state index contributed by atoms with van der Waals surface area (Å²) in [6.45, 7) is 0. The van der Waals surface area contributed by atoms with Gasteiger partial charge in [0.05, 0.1) is 10.0 Å². The van der Waals surface area contributed by atoms with Crippen molar-refractivity contribution in [2.24, 2.45) is 0 Å². The maximum Gasteiger partial charge on any atom is 0.215 e. The molecule has 0 aromatic heterocycles. The lowest BCUT2D eigenvalue weighted by atomic mass is 10.3. The van der Waals surface area contributed by atoms with Gasteiger partial charge in [-0.3, -0.25) is 4.55 Å². The molecule has 0 saturated carbocycles. The van der Waals surface area contributed by atoms with Gasteiger partial charge in [-0.15, -0.1) is 0 Å². The molecule has 0 unspecified atom stereocenters. The van der Waals surface area contributed by atoms with Crippen LogP contribution < -0.4 is 5.73 Å². The molecule has 0 aliphatic carbocycles. The number of quaternary nitrogens is 1. The molecule has 5 nitrogen and oxygen atoms in total. The first kappa shape index (κ1) is 13.6. The van der Waals surface area contributed by atoms with Crippen LogP contribution >= 0.6 is 23.2 Å². The van der Waals surface area contributed by atoms with Gasteiger partial charge in [-0.1, -0.05) is 23.2 Å². The molecule has 14 heavy (non-hydrogen) atoms. The molecule has 80 valence electrons. The molecular formula is C6H7Cl2NO4S. The second kappa shape index (κ2) is 5.50. The van der Waals surface area contributed by atoms with E-state index in [1.165, 1.54) is 0 Å². The molecule has 1 aromatic rings. The van der Waals surface area contributed by atoms with E-state index in [0.717, 1.165) is 5.69 Å². The zero-order chi connectivity index (χ0) is 11.4. The van der Waals surface area contributed by atoms with Gasteiger partial charge in [-0.05, 0) is 6.07 Å². The zero-order valence-electron chi connectivity index (χ0n) is 6.78. The highest BCUT2D eigenvalue weighted by Gasteiger charge is 1.96. The predicted octanol–water partition coefficient (Wildman–Crippen LogP) is 0.871. The Bertz CT molecular complexity index is 398. The van der Waals surface area contributed by atoms with E-state index >= 15 is 0 Å². The van der Waals surface area contributed by atoms with Crippen molar-refractivity contribution in [2.45, 2.75) is 0 Å². The molecule has 8 heteroatoms. The van der Waals surface area contributed by atoms with Crippen LogP contribution in [-0.4, -0.2) is 17.5 Å². The maximum atomic E-state index is 8.63. The van der Waals surface area contributed by atoms with Gasteiger partial charge in [-0.25, -0.2) is 8.42 Å². The molecule has 1 aromatic carbocycles. The van der Waals surface area contributed by atoms with Gasteiger partial charge >= 0.3 is 0 Å². The van der Waals surface area contributed by atoms with Crippen molar-refractivity contribution in [2.75, 3.05) is 0 Å². The van der Waals surface area contributed by atoms with Crippen LogP contribution in [0.4, 0.5) is 5.69 Å². The summed E-state index contributed by atoms with van der Waals surface area (Å²) in [6, 6.07) is 5.27. The molecule has 0 aliphatic rings. The van der Waals surface area contributed by atoms with Crippen LogP contribution in [0.15, 0.2) is 18.2 Å². The normalized spacial score (nSPS) is 10.4. The van der Waals surface area contributed by atoms with Crippen molar-refractivity contribution in [3.63, 3.8) is 0 Å². The standard InChI is InChI=1S/C6H5Cl2N.H2O4S/c7-5-2-1-4(9)3-6(5)8;1-5(2,3)4/h1-3H,9H2;(H2,1,2,3,4). The van der Waals surface area contributed by atoms with Crippen LogP contribution in [0.2, 0.25) is 10.0 Å². The molecular weight excluding hydrogens is 253 g/mol. The molecule has 1 rings (SSSR count). The molecule has 0 heterocycles. The molecule has 0 spiro atoms. The minimum atomic E-state index is -4.92.